The summed E-state index contributed by atoms with van der Waals surface area (Å²) in [6.07, 6.45) is 8.51. The van der Waals surface area contributed by atoms with Crippen LogP contribution in [0.3, 0.4) is 0 Å². The second-order valence-corrected chi connectivity index (χ2v) is 3.29. The standard InChI is InChI=1S/C13H14/c1-4-12-7-5-6-8-13(12)10-9-11(2)3/h1,5-9H,10H2,2-3H3. The van der Waals surface area contributed by atoms with Gasteiger partial charge in [0.25, 0.3) is 0 Å². The maximum Gasteiger partial charge on any atom is 0.0277 e. The zero-order valence-electron chi connectivity index (χ0n) is 8.17. The molecular formula is C13H14. The van der Waals surface area contributed by atoms with E-state index in [1.165, 1.54) is 11.1 Å². The van der Waals surface area contributed by atoms with Crippen molar-refractivity contribution in [1.29, 1.82) is 0 Å². The third-order valence-corrected chi connectivity index (χ3v) is 1.90. The largest absolute Gasteiger partial charge is 0.115 e. The molecule has 1 rings (SSSR count). The first-order chi connectivity index (χ1) is 6.24. The monoisotopic (exact) mass is 170 g/mol. The Morgan fingerprint density at radius 1 is 1.38 bits per heavy atom. The van der Waals surface area contributed by atoms with Gasteiger partial charge in [-0.15, -0.1) is 6.42 Å². The summed E-state index contributed by atoms with van der Waals surface area (Å²) in [5.41, 5.74) is 3.55. The van der Waals surface area contributed by atoms with Gasteiger partial charge in [0.05, 0.1) is 0 Å². The summed E-state index contributed by atoms with van der Waals surface area (Å²) in [7, 11) is 0. The molecule has 0 bridgehead atoms. The van der Waals surface area contributed by atoms with Gasteiger partial charge in [-0.3, -0.25) is 0 Å². The molecule has 0 saturated carbocycles. The van der Waals surface area contributed by atoms with E-state index in [4.69, 9.17) is 6.42 Å². The Balaban J connectivity index is 2.89. The highest BCUT2D eigenvalue weighted by molar-refractivity contribution is 5.40. The highest BCUT2D eigenvalue weighted by atomic mass is 14.0. The second kappa shape index (κ2) is 4.52. The van der Waals surface area contributed by atoms with E-state index in [1.807, 2.05) is 18.2 Å². The molecule has 1 aromatic carbocycles. The summed E-state index contributed by atoms with van der Waals surface area (Å²) in [5, 5.41) is 0. The summed E-state index contributed by atoms with van der Waals surface area (Å²) in [4.78, 5) is 0. The number of terminal acetylenes is 1. The molecule has 66 valence electrons. The molecule has 0 spiro atoms. The molecule has 0 aliphatic rings. The summed E-state index contributed by atoms with van der Waals surface area (Å²) in [5.74, 6) is 2.69. The zero-order chi connectivity index (χ0) is 9.68. The van der Waals surface area contributed by atoms with Gasteiger partial charge in [0.2, 0.25) is 0 Å². The third kappa shape index (κ3) is 2.80. The van der Waals surface area contributed by atoms with Gasteiger partial charge in [-0.2, -0.15) is 0 Å². The molecule has 0 radical (unpaired) electrons. The summed E-state index contributed by atoms with van der Waals surface area (Å²) in [6, 6.07) is 8.05. The lowest BCUT2D eigenvalue weighted by molar-refractivity contribution is 1.20. The van der Waals surface area contributed by atoms with Crippen LogP contribution in [0.15, 0.2) is 35.9 Å². The molecule has 0 heteroatoms. The predicted molar refractivity (Wildman–Crippen MR) is 57.5 cm³/mol. The van der Waals surface area contributed by atoms with E-state index in [9.17, 15) is 0 Å². The maximum absolute atomic E-state index is 5.39. The fraction of sp³-hybridized carbons (Fsp3) is 0.231. The Bertz CT molecular complexity index is 347. The van der Waals surface area contributed by atoms with E-state index in [0.29, 0.717) is 0 Å². The van der Waals surface area contributed by atoms with Crippen LogP contribution in [0.2, 0.25) is 0 Å². The first-order valence-corrected chi connectivity index (χ1v) is 4.42. The topological polar surface area (TPSA) is 0 Å². The van der Waals surface area contributed by atoms with Gasteiger partial charge in [-0.05, 0) is 31.9 Å². The lowest BCUT2D eigenvalue weighted by Gasteiger charge is -2.00. The number of allylic oxidation sites excluding steroid dienone is 2. The van der Waals surface area contributed by atoms with Crippen molar-refractivity contribution >= 4 is 0 Å². The van der Waals surface area contributed by atoms with E-state index in [2.05, 4.69) is 31.9 Å². The van der Waals surface area contributed by atoms with Gasteiger partial charge in [0.1, 0.15) is 0 Å². The normalized spacial score (nSPS) is 9.00. The van der Waals surface area contributed by atoms with Crippen LogP contribution in [0.25, 0.3) is 0 Å². The Labute approximate surface area is 80.3 Å². The van der Waals surface area contributed by atoms with Crippen LogP contribution in [0.1, 0.15) is 25.0 Å². The molecule has 0 amide bonds. The molecule has 0 fully saturated rings. The van der Waals surface area contributed by atoms with Crippen molar-refractivity contribution in [3.63, 3.8) is 0 Å². The van der Waals surface area contributed by atoms with Gasteiger partial charge in [0, 0.05) is 5.56 Å². The van der Waals surface area contributed by atoms with Crippen molar-refractivity contribution in [2.45, 2.75) is 20.3 Å². The van der Waals surface area contributed by atoms with Crippen molar-refractivity contribution in [2.75, 3.05) is 0 Å². The Morgan fingerprint density at radius 2 is 2.08 bits per heavy atom. The Hall–Kier alpha value is -1.48. The highest BCUT2D eigenvalue weighted by Crippen LogP contribution is 2.09. The van der Waals surface area contributed by atoms with Crippen LogP contribution in [-0.2, 0) is 6.42 Å². The quantitative estimate of drug-likeness (QED) is 0.472. The second-order valence-electron chi connectivity index (χ2n) is 3.29. The lowest BCUT2D eigenvalue weighted by Crippen LogP contribution is -1.87. The number of benzene rings is 1. The summed E-state index contributed by atoms with van der Waals surface area (Å²) >= 11 is 0. The minimum absolute atomic E-state index is 0.933. The van der Waals surface area contributed by atoms with E-state index in [0.717, 1.165) is 12.0 Å². The molecule has 0 aliphatic carbocycles. The Kier molecular flexibility index (Phi) is 3.34. The minimum atomic E-state index is 0.933. The van der Waals surface area contributed by atoms with Crippen LogP contribution in [0.4, 0.5) is 0 Å². The fourth-order valence-corrected chi connectivity index (χ4v) is 1.15. The summed E-state index contributed by atoms with van der Waals surface area (Å²) in [6.45, 7) is 4.19. The maximum atomic E-state index is 5.39. The molecule has 0 saturated heterocycles. The van der Waals surface area contributed by atoms with Crippen LogP contribution >= 0.6 is 0 Å². The molecule has 1 aromatic rings. The molecule has 0 nitrogen and oxygen atoms in total. The van der Waals surface area contributed by atoms with Crippen molar-refractivity contribution in [1.82, 2.24) is 0 Å². The Morgan fingerprint density at radius 3 is 2.69 bits per heavy atom. The van der Waals surface area contributed by atoms with Crippen LogP contribution < -0.4 is 0 Å². The van der Waals surface area contributed by atoms with E-state index < -0.39 is 0 Å². The predicted octanol–water partition coefficient (Wildman–Crippen LogP) is 3.18. The number of hydrogen-bond donors (Lipinski definition) is 0. The molecule has 13 heavy (non-hydrogen) atoms. The SMILES string of the molecule is C#Cc1ccccc1CC=C(C)C. The number of rotatable bonds is 2. The average molecular weight is 170 g/mol. The van der Waals surface area contributed by atoms with Gasteiger partial charge in [-0.1, -0.05) is 35.8 Å². The van der Waals surface area contributed by atoms with Gasteiger partial charge < -0.3 is 0 Å². The first kappa shape index (κ1) is 9.61. The average Bonchev–Trinajstić information content (AvgIpc) is 2.15. The molecule has 0 atom stereocenters. The molecular weight excluding hydrogens is 156 g/mol. The van der Waals surface area contributed by atoms with Crippen molar-refractivity contribution < 1.29 is 0 Å². The van der Waals surface area contributed by atoms with E-state index in [-0.39, 0.29) is 0 Å². The molecule has 0 aromatic heterocycles. The first-order valence-electron chi connectivity index (χ1n) is 4.42. The van der Waals surface area contributed by atoms with Gasteiger partial charge >= 0.3 is 0 Å². The molecule has 0 unspecified atom stereocenters. The van der Waals surface area contributed by atoms with Crippen molar-refractivity contribution in [2.24, 2.45) is 0 Å². The van der Waals surface area contributed by atoms with Crippen molar-refractivity contribution in [3.05, 3.63) is 47.0 Å². The van der Waals surface area contributed by atoms with E-state index >= 15 is 0 Å². The fourth-order valence-electron chi connectivity index (χ4n) is 1.15. The van der Waals surface area contributed by atoms with E-state index in [1.54, 1.807) is 0 Å². The molecule has 0 N–H and O–H groups in total. The number of hydrogen-bond acceptors (Lipinski definition) is 0. The highest BCUT2D eigenvalue weighted by Gasteiger charge is 1.95. The minimum Gasteiger partial charge on any atom is -0.115 e. The van der Waals surface area contributed by atoms with Crippen LogP contribution in [0.5, 0.6) is 0 Å². The van der Waals surface area contributed by atoms with Crippen molar-refractivity contribution in [3.8, 4) is 12.3 Å². The van der Waals surface area contributed by atoms with Crippen LogP contribution in [-0.4, -0.2) is 0 Å². The molecule has 0 aliphatic heterocycles. The summed E-state index contributed by atoms with van der Waals surface area (Å²) < 4.78 is 0. The zero-order valence-corrected chi connectivity index (χ0v) is 8.17. The van der Waals surface area contributed by atoms with Crippen LogP contribution in [0, 0.1) is 12.3 Å². The van der Waals surface area contributed by atoms with Gasteiger partial charge in [0.15, 0.2) is 0 Å². The smallest absolute Gasteiger partial charge is 0.0277 e. The third-order valence-electron chi connectivity index (χ3n) is 1.90. The van der Waals surface area contributed by atoms with Gasteiger partial charge in [-0.25, -0.2) is 0 Å². The molecule has 0 heterocycles. The lowest BCUT2D eigenvalue weighted by atomic mass is 10.0.